The molecule has 0 aliphatic carbocycles. The van der Waals surface area contributed by atoms with E-state index in [0.717, 1.165) is 5.56 Å². The molecular formula is C19H22ClN5O4. The first-order valence-electron chi connectivity index (χ1n) is 9.35. The van der Waals surface area contributed by atoms with Crippen molar-refractivity contribution in [2.45, 2.75) is 26.7 Å². The van der Waals surface area contributed by atoms with Crippen LogP contribution in [0.1, 0.15) is 25.3 Å². The Kier molecular flexibility index (Phi) is 6.48. The number of halogens is 1. The molecule has 1 aliphatic rings. The Morgan fingerprint density at radius 2 is 2.24 bits per heavy atom. The first-order valence-corrected chi connectivity index (χ1v) is 9.73. The van der Waals surface area contributed by atoms with E-state index in [9.17, 15) is 14.9 Å². The first-order chi connectivity index (χ1) is 13.9. The zero-order chi connectivity index (χ0) is 21.0. The van der Waals surface area contributed by atoms with Crippen molar-refractivity contribution in [2.24, 2.45) is 5.92 Å². The summed E-state index contributed by atoms with van der Waals surface area (Å²) in [6, 6.07) is 5.26. The van der Waals surface area contributed by atoms with Gasteiger partial charge in [-0.2, -0.15) is 0 Å². The molecule has 1 aliphatic heterocycles. The lowest BCUT2D eigenvalue weighted by Gasteiger charge is -2.32. The molecule has 0 radical (unpaired) electrons. The van der Waals surface area contributed by atoms with E-state index in [1.807, 2.05) is 6.92 Å². The maximum Gasteiger partial charge on any atom is 0.353 e. The van der Waals surface area contributed by atoms with Gasteiger partial charge in [0.1, 0.15) is 6.33 Å². The van der Waals surface area contributed by atoms with Gasteiger partial charge in [-0.05, 0) is 44.4 Å². The van der Waals surface area contributed by atoms with Gasteiger partial charge in [0.2, 0.25) is 11.6 Å². The van der Waals surface area contributed by atoms with Gasteiger partial charge in [0.15, 0.2) is 0 Å². The van der Waals surface area contributed by atoms with E-state index in [0.29, 0.717) is 43.2 Å². The minimum absolute atomic E-state index is 0.0728. The lowest BCUT2D eigenvalue weighted by atomic mass is 9.98. The highest BCUT2D eigenvalue weighted by atomic mass is 35.5. The quantitative estimate of drug-likeness (QED) is 0.426. The van der Waals surface area contributed by atoms with Crippen LogP contribution in [-0.4, -0.2) is 40.6 Å². The highest BCUT2D eigenvalue weighted by molar-refractivity contribution is 6.31. The molecule has 2 aromatic rings. The highest BCUT2D eigenvalue weighted by Crippen LogP contribution is 2.36. The van der Waals surface area contributed by atoms with Crippen molar-refractivity contribution in [2.75, 3.05) is 29.9 Å². The molecule has 0 saturated carbocycles. The van der Waals surface area contributed by atoms with Crippen LogP contribution in [0.2, 0.25) is 5.02 Å². The third-order valence-corrected chi connectivity index (χ3v) is 5.26. The van der Waals surface area contributed by atoms with Crippen LogP contribution >= 0.6 is 11.6 Å². The fourth-order valence-corrected chi connectivity index (χ4v) is 3.53. The zero-order valence-corrected chi connectivity index (χ0v) is 17.0. The number of carbonyl (C=O) groups is 1. The molecule has 1 N–H and O–H groups in total. The van der Waals surface area contributed by atoms with Gasteiger partial charge >= 0.3 is 11.7 Å². The number of esters is 1. The number of ether oxygens (including phenoxy) is 1. The molecule has 0 bridgehead atoms. The minimum atomic E-state index is -0.508. The number of hydrogen-bond donors (Lipinski definition) is 1. The van der Waals surface area contributed by atoms with E-state index < -0.39 is 4.92 Å². The summed E-state index contributed by atoms with van der Waals surface area (Å²) in [6.07, 6.45) is 2.67. The summed E-state index contributed by atoms with van der Waals surface area (Å²) in [5.74, 6) is -0.378. The van der Waals surface area contributed by atoms with Crippen molar-refractivity contribution in [1.29, 1.82) is 0 Å². The minimum Gasteiger partial charge on any atom is -0.466 e. The average Bonchev–Trinajstić information content (AvgIpc) is 2.71. The van der Waals surface area contributed by atoms with Crippen LogP contribution in [0, 0.1) is 23.0 Å². The smallest absolute Gasteiger partial charge is 0.353 e. The van der Waals surface area contributed by atoms with Crippen LogP contribution in [0.3, 0.4) is 0 Å². The van der Waals surface area contributed by atoms with Gasteiger partial charge < -0.3 is 15.0 Å². The van der Waals surface area contributed by atoms with Crippen molar-refractivity contribution < 1.29 is 14.5 Å². The van der Waals surface area contributed by atoms with Crippen LogP contribution in [-0.2, 0) is 9.53 Å². The van der Waals surface area contributed by atoms with Gasteiger partial charge in [-0.3, -0.25) is 14.9 Å². The molecule has 0 spiro atoms. The Hall–Kier alpha value is -2.94. The summed E-state index contributed by atoms with van der Waals surface area (Å²) in [5, 5.41) is 15.4. The van der Waals surface area contributed by atoms with E-state index >= 15 is 0 Å². The lowest BCUT2D eigenvalue weighted by Crippen LogP contribution is -2.40. The summed E-state index contributed by atoms with van der Waals surface area (Å²) in [7, 11) is 0. The van der Waals surface area contributed by atoms with Gasteiger partial charge in [-0.1, -0.05) is 17.7 Å². The molecule has 10 heteroatoms. The molecule has 3 rings (SSSR count). The van der Waals surface area contributed by atoms with Crippen molar-refractivity contribution in [3.63, 3.8) is 0 Å². The molecule has 1 unspecified atom stereocenters. The number of carbonyl (C=O) groups excluding carboxylic acids is 1. The Morgan fingerprint density at radius 3 is 2.97 bits per heavy atom. The Bertz CT molecular complexity index is 923. The number of nitro groups is 1. The van der Waals surface area contributed by atoms with Gasteiger partial charge in [-0.25, -0.2) is 9.97 Å². The van der Waals surface area contributed by atoms with Crippen LogP contribution in [0.25, 0.3) is 0 Å². The molecule has 154 valence electrons. The number of benzene rings is 1. The van der Waals surface area contributed by atoms with Crippen LogP contribution < -0.4 is 10.2 Å². The van der Waals surface area contributed by atoms with E-state index in [1.165, 1.54) is 6.33 Å². The zero-order valence-electron chi connectivity index (χ0n) is 16.2. The lowest BCUT2D eigenvalue weighted by molar-refractivity contribution is -0.383. The molecule has 2 heterocycles. The fraction of sp³-hybridized carbons (Fsp3) is 0.421. The van der Waals surface area contributed by atoms with E-state index in [4.69, 9.17) is 16.3 Å². The standard InChI is InChI=1S/C19H22ClN5O4/c1-3-29-19(26)13-6-5-9-24(10-13)18-16(25(27)28)17(21-11-22-18)23-15-8-4-7-14(20)12(15)2/h4,7-8,11,13H,3,5-6,9-10H2,1-2H3,(H,21,22,23). The number of hydrogen-bond acceptors (Lipinski definition) is 8. The molecule has 0 amide bonds. The fourth-order valence-electron chi connectivity index (χ4n) is 3.35. The van der Waals surface area contributed by atoms with E-state index in [1.54, 1.807) is 30.0 Å². The summed E-state index contributed by atoms with van der Waals surface area (Å²) in [6.45, 7) is 4.74. The monoisotopic (exact) mass is 419 g/mol. The van der Waals surface area contributed by atoms with Crippen LogP contribution in [0.5, 0.6) is 0 Å². The number of rotatable bonds is 6. The summed E-state index contributed by atoms with van der Waals surface area (Å²) >= 11 is 6.15. The maximum absolute atomic E-state index is 12.1. The summed E-state index contributed by atoms with van der Waals surface area (Å²) in [4.78, 5) is 33.5. The molecule has 1 atom stereocenters. The molecular weight excluding hydrogens is 398 g/mol. The average molecular weight is 420 g/mol. The Balaban J connectivity index is 1.94. The molecule has 1 fully saturated rings. The second-order valence-corrected chi connectivity index (χ2v) is 7.13. The molecule has 1 saturated heterocycles. The largest absolute Gasteiger partial charge is 0.466 e. The highest BCUT2D eigenvalue weighted by Gasteiger charge is 2.33. The Morgan fingerprint density at radius 1 is 1.45 bits per heavy atom. The van der Waals surface area contributed by atoms with Crippen LogP contribution in [0.15, 0.2) is 24.5 Å². The second kappa shape index (κ2) is 9.04. The van der Waals surface area contributed by atoms with Crippen molar-refractivity contribution in [3.05, 3.63) is 45.2 Å². The normalized spacial score (nSPS) is 16.4. The van der Waals surface area contributed by atoms with Crippen molar-refractivity contribution in [1.82, 2.24) is 9.97 Å². The molecule has 1 aromatic heterocycles. The van der Waals surface area contributed by atoms with Gasteiger partial charge in [-0.15, -0.1) is 0 Å². The van der Waals surface area contributed by atoms with Crippen molar-refractivity contribution in [3.8, 4) is 0 Å². The number of aromatic nitrogens is 2. The number of nitrogens with zero attached hydrogens (tertiary/aromatic N) is 4. The van der Waals surface area contributed by atoms with Crippen molar-refractivity contribution >= 4 is 40.6 Å². The van der Waals surface area contributed by atoms with Crippen LogP contribution in [0.4, 0.5) is 23.0 Å². The number of piperidine rings is 1. The predicted octanol–water partition coefficient (Wildman–Crippen LogP) is 3.87. The van der Waals surface area contributed by atoms with E-state index in [-0.39, 0.29) is 29.2 Å². The molecule has 1 aromatic carbocycles. The summed E-state index contributed by atoms with van der Waals surface area (Å²) < 4.78 is 5.11. The van der Waals surface area contributed by atoms with E-state index in [2.05, 4.69) is 15.3 Å². The second-order valence-electron chi connectivity index (χ2n) is 6.73. The van der Waals surface area contributed by atoms with Gasteiger partial charge in [0.25, 0.3) is 0 Å². The third kappa shape index (κ3) is 4.56. The van der Waals surface area contributed by atoms with Gasteiger partial charge in [0.05, 0.1) is 17.4 Å². The molecule has 9 nitrogen and oxygen atoms in total. The Labute approximate surface area is 173 Å². The SMILES string of the molecule is CCOC(=O)C1CCCN(c2ncnc(Nc3cccc(Cl)c3C)c2[N+](=O)[O-])C1. The van der Waals surface area contributed by atoms with Gasteiger partial charge in [0, 0.05) is 23.8 Å². The first kappa shape index (κ1) is 20.8. The maximum atomic E-state index is 12.1. The molecule has 29 heavy (non-hydrogen) atoms. The number of anilines is 3. The predicted molar refractivity (Wildman–Crippen MR) is 110 cm³/mol. The third-order valence-electron chi connectivity index (χ3n) is 4.85. The number of nitrogens with one attached hydrogen (secondary N) is 1. The topological polar surface area (TPSA) is 110 Å². The summed E-state index contributed by atoms with van der Waals surface area (Å²) in [5.41, 5.74) is 1.13.